The van der Waals surface area contributed by atoms with Gasteiger partial charge in [0, 0.05) is 19.5 Å². The summed E-state index contributed by atoms with van der Waals surface area (Å²) in [5, 5.41) is 12.6. The monoisotopic (exact) mass is 620 g/mol. The van der Waals surface area contributed by atoms with Crippen LogP contribution in [0.3, 0.4) is 0 Å². The molecule has 0 unspecified atom stereocenters. The van der Waals surface area contributed by atoms with Gasteiger partial charge >= 0.3 is 11.9 Å². The predicted molar refractivity (Wildman–Crippen MR) is 174 cm³/mol. The molecule has 0 fully saturated rings. The number of amides is 2. The Bertz CT molecular complexity index is 1240. The van der Waals surface area contributed by atoms with Crippen molar-refractivity contribution in [2.75, 3.05) is 19.8 Å². The predicted octanol–water partition coefficient (Wildman–Crippen LogP) is 4.78. The molecular formula is C36H48N2O7. The number of esters is 2. The number of carbonyl (C=O) groups excluding carboxylic acids is 4. The molecule has 0 radical (unpaired) electrons. The van der Waals surface area contributed by atoms with Gasteiger partial charge in [-0.3, -0.25) is 19.2 Å². The third kappa shape index (κ3) is 14.4. The fourth-order valence-corrected chi connectivity index (χ4v) is 4.76. The van der Waals surface area contributed by atoms with Crippen molar-refractivity contribution in [2.24, 2.45) is 11.8 Å². The van der Waals surface area contributed by atoms with E-state index in [1.807, 2.05) is 60.7 Å². The molecule has 0 saturated heterocycles. The smallest absolute Gasteiger partial charge is 0.309 e. The zero-order valence-electron chi connectivity index (χ0n) is 26.8. The molecule has 0 aliphatic heterocycles. The molecule has 3 atom stereocenters. The second kappa shape index (κ2) is 19.2. The summed E-state index contributed by atoms with van der Waals surface area (Å²) >= 11 is 0. The maximum atomic E-state index is 13.6. The quantitative estimate of drug-likeness (QED) is 0.171. The topological polar surface area (TPSA) is 122 Å². The molecule has 0 saturated carbocycles. The number of hydrogen-bond acceptors (Lipinski definition) is 7. The maximum absolute atomic E-state index is 13.6. The van der Waals surface area contributed by atoms with Crippen LogP contribution in [0.15, 0.2) is 86.0 Å². The van der Waals surface area contributed by atoms with E-state index in [0.717, 1.165) is 11.1 Å². The highest BCUT2D eigenvalue weighted by Crippen LogP contribution is 2.18. The van der Waals surface area contributed by atoms with Crippen LogP contribution >= 0.6 is 0 Å². The molecule has 2 aromatic rings. The van der Waals surface area contributed by atoms with E-state index in [0.29, 0.717) is 13.0 Å². The number of carbonyl (C=O) groups is 4. The number of benzene rings is 2. The molecule has 45 heavy (non-hydrogen) atoms. The zero-order valence-corrected chi connectivity index (χ0v) is 26.8. The van der Waals surface area contributed by atoms with Gasteiger partial charge in [0.2, 0.25) is 11.8 Å². The van der Waals surface area contributed by atoms with Crippen LogP contribution < -0.4 is 5.32 Å². The number of rotatable bonds is 19. The molecule has 0 aliphatic carbocycles. The van der Waals surface area contributed by atoms with Crippen LogP contribution in [0.25, 0.3) is 0 Å². The Kier molecular flexibility index (Phi) is 15.8. The van der Waals surface area contributed by atoms with Gasteiger partial charge in [-0.15, -0.1) is 13.2 Å². The van der Waals surface area contributed by atoms with E-state index in [-0.39, 0.29) is 57.3 Å². The van der Waals surface area contributed by atoms with Crippen molar-refractivity contribution in [1.29, 1.82) is 0 Å². The van der Waals surface area contributed by atoms with Crippen molar-refractivity contribution < 1.29 is 33.8 Å². The second-order valence-electron chi connectivity index (χ2n) is 12.0. The van der Waals surface area contributed by atoms with Gasteiger partial charge in [0.1, 0.15) is 12.2 Å². The summed E-state index contributed by atoms with van der Waals surface area (Å²) < 4.78 is 11.0. The van der Waals surface area contributed by atoms with Crippen molar-refractivity contribution in [2.45, 2.75) is 71.1 Å². The van der Waals surface area contributed by atoms with Crippen molar-refractivity contribution in [3.05, 3.63) is 97.1 Å². The van der Waals surface area contributed by atoms with Crippen molar-refractivity contribution >= 4 is 23.8 Å². The van der Waals surface area contributed by atoms with Crippen molar-refractivity contribution in [3.63, 3.8) is 0 Å². The highest BCUT2D eigenvalue weighted by molar-refractivity contribution is 5.86. The fraction of sp³-hybridized carbons (Fsp3) is 0.444. The number of hydrogen-bond donors (Lipinski definition) is 2. The number of aliphatic hydroxyl groups excluding tert-OH is 1. The Balaban J connectivity index is 2.15. The third-order valence-electron chi connectivity index (χ3n) is 6.90. The average Bonchev–Trinajstić information content (AvgIpc) is 2.99. The lowest BCUT2D eigenvalue weighted by atomic mass is 9.97. The first-order valence-electron chi connectivity index (χ1n) is 15.3. The molecule has 9 heteroatoms. The lowest BCUT2D eigenvalue weighted by Gasteiger charge is -2.26. The lowest BCUT2D eigenvalue weighted by molar-refractivity contribution is -0.161. The van der Waals surface area contributed by atoms with Crippen LogP contribution in [0.5, 0.6) is 0 Å². The minimum atomic E-state index is -0.779. The second-order valence-corrected chi connectivity index (χ2v) is 12.0. The van der Waals surface area contributed by atoms with Crippen molar-refractivity contribution in [1.82, 2.24) is 10.2 Å². The molecule has 244 valence electrons. The van der Waals surface area contributed by atoms with Crippen LogP contribution in [0, 0.1) is 11.8 Å². The Labute approximate surface area is 267 Å². The number of nitrogens with zero attached hydrogens (tertiary/aromatic N) is 1. The van der Waals surface area contributed by atoms with Gasteiger partial charge in [-0.05, 0) is 51.2 Å². The fourth-order valence-electron chi connectivity index (χ4n) is 4.76. The lowest BCUT2D eigenvalue weighted by Crippen LogP contribution is -2.45. The van der Waals surface area contributed by atoms with E-state index in [4.69, 9.17) is 9.47 Å². The molecule has 2 N–H and O–H groups in total. The van der Waals surface area contributed by atoms with E-state index in [1.54, 1.807) is 32.9 Å². The summed E-state index contributed by atoms with van der Waals surface area (Å²) in [5.41, 5.74) is 1.14. The van der Waals surface area contributed by atoms with Gasteiger partial charge in [-0.1, -0.05) is 72.8 Å². The van der Waals surface area contributed by atoms with Gasteiger partial charge in [0.05, 0.1) is 30.9 Å². The minimum Gasteiger partial charge on any atom is -0.463 e. The molecular weight excluding hydrogens is 572 g/mol. The van der Waals surface area contributed by atoms with Gasteiger partial charge in [-0.2, -0.15) is 0 Å². The normalized spacial score (nSPS) is 13.1. The number of nitrogens with one attached hydrogen (secondary N) is 1. The van der Waals surface area contributed by atoms with E-state index < -0.39 is 35.4 Å². The summed E-state index contributed by atoms with van der Waals surface area (Å²) in [7, 11) is 0. The first kappa shape index (κ1) is 36.9. The van der Waals surface area contributed by atoms with Gasteiger partial charge < -0.3 is 24.8 Å². The molecule has 0 spiro atoms. The van der Waals surface area contributed by atoms with Crippen LogP contribution in [0.1, 0.15) is 57.6 Å². The molecule has 2 aromatic carbocycles. The van der Waals surface area contributed by atoms with Crippen LogP contribution in [0.4, 0.5) is 0 Å². The zero-order chi connectivity index (χ0) is 33.2. The Morgan fingerprint density at radius 3 is 2.02 bits per heavy atom. The molecule has 0 heterocycles. The highest BCUT2D eigenvalue weighted by atomic mass is 16.6. The number of allylic oxidation sites excluding steroid dienone is 2. The number of ether oxygens (including phenoxy) is 2. The van der Waals surface area contributed by atoms with Gasteiger partial charge in [0.25, 0.3) is 0 Å². The van der Waals surface area contributed by atoms with E-state index in [1.165, 1.54) is 4.90 Å². The Morgan fingerprint density at radius 2 is 1.47 bits per heavy atom. The molecule has 9 nitrogen and oxygen atoms in total. The first-order chi connectivity index (χ1) is 21.4. The highest BCUT2D eigenvalue weighted by Gasteiger charge is 2.29. The Hall–Kier alpha value is -4.24. The molecule has 0 bridgehead atoms. The van der Waals surface area contributed by atoms with E-state index >= 15 is 0 Å². The Morgan fingerprint density at radius 1 is 0.889 bits per heavy atom. The van der Waals surface area contributed by atoms with Gasteiger partial charge in [-0.25, -0.2) is 0 Å². The average molecular weight is 621 g/mol. The largest absolute Gasteiger partial charge is 0.463 e. The minimum absolute atomic E-state index is 0.0835. The van der Waals surface area contributed by atoms with Crippen molar-refractivity contribution in [3.8, 4) is 0 Å². The molecule has 0 aliphatic rings. The SMILES string of the molecule is C=CC[C@@H](CC(=O)N(CCO)Cc1ccccc1)C(=O)N[C@H](COC(=O)[C@@H](CC=C)CC(=O)OC(C)(C)C)Cc1ccccc1. The van der Waals surface area contributed by atoms with Crippen LogP contribution in [-0.2, 0) is 41.6 Å². The summed E-state index contributed by atoms with van der Waals surface area (Å²) in [6, 6.07) is 18.3. The molecule has 0 aromatic heterocycles. The third-order valence-corrected chi connectivity index (χ3v) is 6.90. The standard InChI is InChI=1S/C36H48N2O7/c1-6-14-29(23-32(40)38(20-21-39)25-28-18-12-9-13-19-28)34(42)37-31(22-27-16-10-8-11-17-27)26-44-35(43)30(15-7-2)24-33(41)45-36(3,4)5/h6-13,16-19,29-31,39H,1-2,14-15,20-26H2,3-5H3,(H,37,42)/t29-,30-,31-/m0/s1. The summed E-state index contributed by atoms with van der Waals surface area (Å²) in [6.45, 7) is 12.8. The maximum Gasteiger partial charge on any atom is 0.309 e. The molecule has 2 amide bonds. The van der Waals surface area contributed by atoms with E-state index in [9.17, 15) is 24.3 Å². The summed E-state index contributed by atoms with van der Waals surface area (Å²) in [5.74, 6) is -3.25. The summed E-state index contributed by atoms with van der Waals surface area (Å²) in [6.07, 6.45) is 3.75. The van der Waals surface area contributed by atoms with Crippen LogP contribution in [-0.4, -0.2) is 65.2 Å². The first-order valence-corrected chi connectivity index (χ1v) is 15.3. The molecule has 2 rings (SSSR count). The van der Waals surface area contributed by atoms with Gasteiger partial charge in [0.15, 0.2) is 0 Å². The number of aliphatic hydroxyl groups is 1. The van der Waals surface area contributed by atoms with E-state index in [2.05, 4.69) is 18.5 Å². The van der Waals surface area contributed by atoms with Crippen LogP contribution in [0.2, 0.25) is 0 Å². The summed E-state index contributed by atoms with van der Waals surface area (Å²) in [4.78, 5) is 53.9.